The Bertz CT molecular complexity index is 509. The van der Waals surface area contributed by atoms with Crippen molar-refractivity contribution in [3.8, 4) is 0 Å². The van der Waals surface area contributed by atoms with Crippen LogP contribution in [-0.2, 0) is 10.0 Å². The molecule has 94 valence electrons. The summed E-state index contributed by atoms with van der Waals surface area (Å²) >= 11 is 3.41. The van der Waals surface area contributed by atoms with Crippen LogP contribution in [0.2, 0.25) is 0 Å². The van der Waals surface area contributed by atoms with E-state index in [0.29, 0.717) is 0 Å². The molecular weight excluding hydrogens is 311 g/mol. The third kappa shape index (κ3) is 2.83. The van der Waals surface area contributed by atoms with Crippen LogP contribution in [0.4, 0.5) is 4.39 Å². The summed E-state index contributed by atoms with van der Waals surface area (Å²) in [6.07, 6.45) is 3.88. The highest BCUT2D eigenvalue weighted by Crippen LogP contribution is 2.27. The van der Waals surface area contributed by atoms with Crippen LogP contribution in [0.15, 0.2) is 23.4 Å². The zero-order valence-electron chi connectivity index (χ0n) is 8.94. The topological polar surface area (TPSA) is 59.1 Å². The van der Waals surface area contributed by atoms with Crippen molar-refractivity contribution in [2.24, 2.45) is 0 Å². The molecule has 1 fully saturated rings. The van der Waals surface area contributed by atoms with Crippen molar-refractivity contribution in [1.29, 1.82) is 0 Å². The quantitative estimate of drug-likeness (QED) is 0.863. The van der Waals surface area contributed by atoms with Gasteiger partial charge in [0.1, 0.15) is 0 Å². The molecule has 0 amide bonds. The van der Waals surface area contributed by atoms with Gasteiger partial charge >= 0.3 is 0 Å². The molecule has 0 aliphatic heterocycles. The highest BCUT2D eigenvalue weighted by molar-refractivity contribution is 9.09. The number of halogens is 2. The molecule has 7 heteroatoms. The van der Waals surface area contributed by atoms with E-state index < -0.39 is 20.9 Å². The lowest BCUT2D eigenvalue weighted by atomic mass is 10.3. The van der Waals surface area contributed by atoms with E-state index in [9.17, 15) is 12.8 Å². The molecule has 0 bridgehead atoms. The zero-order chi connectivity index (χ0) is 12.5. The van der Waals surface area contributed by atoms with Crippen LogP contribution in [-0.4, -0.2) is 24.3 Å². The van der Waals surface area contributed by atoms with Crippen molar-refractivity contribution < 1.29 is 12.8 Å². The van der Waals surface area contributed by atoms with E-state index in [1.54, 1.807) is 0 Å². The highest BCUT2D eigenvalue weighted by atomic mass is 79.9. The van der Waals surface area contributed by atoms with Gasteiger partial charge in [0.15, 0.2) is 5.82 Å². The SMILES string of the molecule is O=S(=O)(NC1CCCC1Br)c1ncccc1F. The molecule has 0 radical (unpaired) electrons. The predicted octanol–water partition coefficient (Wildman–Crippen LogP) is 1.81. The molecule has 1 aromatic heterocycles. The summed E-state index contributed by atoms with van der Waals surface area (Å²) in [7, 11) is -3.87. The van der Waals surface area contributed by atoms with Gasteiger partial charge in [0.2, 0.25) is 5.03 Å². The molecule has 0 aromatic carbocycles. The fourth-order valence-electron chi connectivity index (χ4n) is 1.87. The van der Waals surface area contributed by atoms with Gasteiger partial charge in [-0.25, -0.2) is 22.5 Å². The van der Waals surface area contributed by atoms with E-state index in [1.807, 2.05) is 0 Å². The second-order valence-electron chi connectivity index (χ2n) is 3.97. The molecule has 0 spiro atoms. The van der Waals surface area contributed by atoms with E-state index in [4.69, 9.17) is 0 Å². The molecule has 1 aliphatic carbocycles. The molecule has 1 aliphatic rings. The van der Waals surface area contributed by atoms with Gasteiger partial charge in [-0.15, -0.1) is 0 Å². The van der Waals surface area contributed by atoms with Crippen LogP contribution in [0, 0.1) is 5.82 Å². The average molecular weight is 323 g/mol. The Hall–Kier alpha value is -0.530. The van der Waals surface area contributed by atoms with Gasteiger partial charge in [0, 0.05) is 17.1 Å². The van der Waals surface area contributed by atoms with Crippen molar-refractivity contribution in [3.63, 3.8) is 0 Å². The van der Waals surface area contributed by atoms with Crippen molar-refractivity contribution in [1.82, 2.24) is 9.71 Å². The summed E-state index contributed by atoms with van der Waals surface area (Å²) < 4.78 is 39.7. The van der Waals surface area contributed by atoms with Gasteiger partial charge in [0.05, 0.1) is 0 Å². The summed E-state index contributed by atoms with van der Waals surface area (Å²) in [6.45, 7) is 0. The molecule has 2 unspecified atom stereocenters. The monoisotopic (exact) mass is 322 g/mol. The number of rotatable bonds is 3. The largest absolute Gasteiger partial charge is 0.261 e. The van der Waals surface area contributed by atoms with Gasteiger partial charge in [-0.3, -0.25) is 0 Å². The van der Waals surface area contributed by atoms with Crippen LogP contribution in [0.5, 0.6) is 0 Å². The fourth-order valence-corrected chi connectivity index (χ4v) is 4.08. The molecule has 4 nitrogen and oxygen atoms in total. The molecule has 2 atom stereocenters. The Kier molecular flexibility index (Phi) is 3.79. The Balaban J connectivity index is 2.22. The Labute approximate surface area is 108 Å². The molecule has 2 rings (SSSR count). The molecule has 1 saturated carbocycles. The normalized spacial score (nSPS) is 25.1. The maximum absolute atomic E-state index is 13.4. The molecule has 1 heterocycles. The first-order chi connectivity index (χ1) is 8.00. The summed E-state index contributed by atoms with van der Waals surface area (Å²) in [5.41, 5.74) is 0. The van der Waals surface area contributed by atoms with Crippen LogP contribution in [0.3, 0.4) is 0 Å². The Morgan fingerprint density at radius 1 is 1.47 bits per heavy atom. The molecule has 17 heavy (non-hydrogen) atoms. The third-order valence-electron chi connectivity index (χ3n) is 2.72. The van der Waals surface area contributed by atoms with E-state index in [2.05, 4.69) is 25.6 Å². The van der Waals surface area contributed by atoms with Crippen LogP contribution in [0.25, 0.3) is 0 Å². The fraction of sp³-hybridized carbons (Fsp3) is 0.500. The summed E-state index contributed by atoms with van der Waals surface area (Å²) in [4.78, 5) is 3.68. The van der Waals surface area contributed by atoms with Gasteiger partial charge in [-0.2, -0.15) is 0 Å². The Morgan fingerprint density at radius 3 is 2.82 bits per heavy atom. The van der Waals surface area contributed by atoms with E-state index in [-0.39, 0.29) is 10.9 Å². The molecule has 0 saturated heterocycles. The van der Waals surface area contributed by atoms with E-state index in [0.717, 1.165) is 25.3 Å². The van der Waals surface area contributed by atoms with Crippen molar-refractivity contribution >= 4 is 26.0 Å². The van der Waals surface area contributed by atoms with Gasteiger partial charge in [0.25, 0.3) is 10.0 Å². The Morgan fingerprint density at radius 2 is 2.24 bits per heavy atom. The van der Waals surface area contributed by atoms with Gasteiger partial charge in [-0.05, 0) is 25.0 Å². The summed E-state index contributed by atoms with van der Waals surface area (Å²) in [5.74, 6) is -0.830. The van der Waals surface area contributed by atoms with Gasteiger partial charge in [-0.1, -0.05) is 22.4 Å². The number of sulfonamides is 1. The van der Waals surface area contributed by atoms with Crippen LogP contribution < -0.4 is 4.72 Å². The van der Waals surface area contributed by atoms with Crippen LogP contribution in [0.1, 0.15) is 19.3 Å². The zero-order valence-corrected chi connectivity index (χ0v) is 11.3. The number of nitrogens with zero attached hydrogens (tertiary/aromatic N) is 1. The van der Waals surface area contributed by atoms with Crippen molar-refractivity contribution in [2.75, 3.05) is 0 Å². The minimum absolute atomic E-state index is 0.101. The van der Waals surface area contributed by atoms with E-state index >= 15 is 0 Å². The first-order valence-corrected chi connectivity index (χ1v) is 7.67. The lowest BCUT2D eigenvalue weighted by Crippen LogP contribution is -2.38. The van der Waals surface area contributed by atoms with Crippen LogP contribution >= 0.6 is 15.9 Å². The number of aromatic nitrogens is 1. The second kappa shape index (κ2) is 4.99. The number of hydrogen-bond donors (Lipinski definition) is 1. The predicted molar refractivity (Wildman–Crippen MR) is 64.9 cm³/mol. The minimum Gasteiger partial charge on any atom is -0.241 e. The maximum atomic E-state index is 13.4. The van der Waals surface area contributed by atoms with Crippen molar-refractivity contribution in [3.05, 3.63) is 24.1 Å². The third-order valence-corrected chi connectivity index (χ3v) is 5.24. The lowest BCUT2D eigenvalue weighted by Gasteiger charge is -2.15. The number of hydrogen-bond acceptors (Lipinski definition) is 3. The average Bonchev–Trinajstić information content (AvgIpc) is 2.64. The minimum atomic E-state index is -3.87. The molecular formula is C10H12BrFN2O2S. The van der Waals surface area contributed by atoms with E-state index in [1.165, 1.54) is 12.3 Å². The lowest BCUT2D eigenvalue weighted by molar-refractivity contribution is 0.530. The number of alkyl halides is 1. The van der Waals surface area contributed by atoms with Gasteiger partial charge < -0.3 is 0 Å². The number of pyridine rings is 1. The smallest absolute Gasteiger partial charge is 0.241 e. The second-order valence-corrected chi connectivity index (χ2v) is 6.77. The first kappa shape index (κ1) is 12.9. The molecule has 1 aromatic rings. The molecule has 1 N–H and O–H groups in total. The standard InChI is InChI=1S/C10H12BrFN2O2S/c11-7-3-1-5-9(7)14-17(15,16)10-8(12)4-2-6-13-10/h2,4,6-7,9,14H,1,3,5H2. The van der Waals surface area contributed by atoms with Crippen molar-refractivity contribution in [2.45, 2.75) is 35.2 Å². The maximum Gasteiger partial charge on any atom is 0.261 e. The number of nitrogens with one attached hydrogen (secondary N) is 1. The summed E-state index contributed by atoms with van der Waals surface area (Å²) in [5, 5.41) is -0.536. The summed E-state index contributed by atoms with van der Waals surface area (Å²) in [6, 6.07) is 2.25. The first-order valence-electron chi connectivity index (χ1n) is 5.27. The highest BCUT2D eigenvalue weighted by Gasteiger charge is 2.31.